The first-order valence-corrected chi connectivity index (χ1v) is 8.09. The van der Waals surface area contributed by atoms with E-state index in [0.717, 1.165) is 12.1 Å². The summed E-state index contributed by atoms with van der Waals surface area (Å²) in [5.74, 6) is -1.58. The van der Waals surface area contributed by atoms with Gasteiger partial charge in [0.2, 0.25) is 0 Å². The molecule has 1 aromatic carbocycles. The number of phenols is 1. The molecule has 0 amide bonds. The SMILES string of the molecule is C[NH+]1CC=C2C(C#N)C(=N)C(C#N)(C#N)[C@@H](c3cccc(O)c3)[C@H]2C1. The molecule has 0 radical (unpaired) electrons. The standard InChI is InChI=1S/C19H17N5O/c1-24-6-5-14-15(8-20)18(23)19(10-21,11-22)17(16(14)9-24)12-3-2-4-13(25)7-12/h2-5,7,15-17,23,25H,6,9H2,1H3/p+1/t15?,16-,17-/m0/s1. The van der Waals surface area contributed by atoms with E-state index in [1.165, 1.54) is 11.0 Å². The van der Waals surface area contributed by atoms with Crippen molar-refractivity contribution in [2.24, 2.45) is 17.3 Å². The number of hydrogen-bond donors (Lipinski definition) is 3. The van der Waals surface area contributed by atoms with Crippen LogP contribution in [0.3, 0.4) is 0 Å². The van der Waals surface area contributed by atoms with E-state index in [2.05, 4.69) is 6.07 Å². The maximum atomic E-state index is 9.88. The fourth-order valence-corrected chi connectivity index (χ4v) is 4.15. The fourth-order valence-electron chi connectivity index (χ4n) is 4.15. The second-order valence-corrected chi connectivity index (χ2v) is 6.76. The van der Waals surface area contributed by atoms with Crippen LogP contribution >= 0.6 is 0 Å². The molecule has 1 aliphatic carbocycles. The normalized spacial score (nSPS) is 30.2. The Kier molecular flexibility index (Phi) is 4.05. The minimum Gasteiger partial charge on any atom is -0.508 e. The van der Waals surface area contributed by atoms with Crippen molar-refractivity contribution in [3.05, 3.63) is 41.5 Å². The van der Waals surface area contributed by atoms with Crippen molar-refractivity contribution < 1.29 is 10.0 Å². The zero-order valence-electron chi connectivity index (χ0n) is 13.8. The minimum atomic E-state index is -1.71. The molecule has 4 atom stereocenters. The van der Waals surface area contributed by atoms with Gasteiger partial charge in [-0.3, -0.25) is 0 Å². The van der Waals surface area contributed by atoms with E-state index in [4.69, 9.17) is 5.41 Å². The van der Waals surface area contributed by atoms with E-state index in [1.54, 1.807) is 18.2 Å². The van der Waals surface area contributed by atoms with Crippen LogP contribution < -0.4 is 4.90 Å². The lowest BCUT2D eigenvalue weighted by Crippen LogP contribution is -3.10. The van der Waals surface area contributed by atoms with Crippen LogP contribution in [0.1, 0.15) is 11.5 Å². The van der Waals surface area contributed by atoms with Crippen LogP contribution in [0.4, 0.5) is 0 Å². The van der Waals surface area contributed by atoms with Crippen molar-refractivity contribution in [1.82, 2.24) is 0 Å². The van der Waals surface area contributed by atoms with Gasteiger partial charge in [-0.1, -0.05) is 12.1 Å². The Morgan fingerprint density at radius 2 is 2.00 bits per heavy atom. The van der Waals surface area contributed by atoms with Crippen molar-refractivity contribution in [2.45, 2.75) is 5.92 Å². The molecule has 1 saturated carbocycles. The molecule has 6 heteroatoms. The lowest BCUT2D eigenvalue weighted by molar-refractivity contribution is -0.878. The molecule has 1 aromatic rings. The summed E-state index contributed by atoms with van der Waals surface area (Å²) in [4.78, 5) is 1.22. The summed E-state index contributed by atoms with van der Waals surface area (Å²) in [6.07, 6.45) is 1.97. The van der Waals surface area contributed by atoms with Gasteiger partial charge >= 0.3 is 0 Å². The van der Waals surface area contributed by atoms with Gasteiger partial charge < -0.3 is 15.4 Å². The number of nitriles is 3. The number of nitrogens with zero attached hydrogens (tertiary/aromatic N) is 3. The number of quaternary nitrogens is 1. The van der Waals surface area contributed by atoms with Gasteiger partial charge in [0.05, 0.1) is 44.1 Å². The lowest BCUT2D eigenvalue weighted by Gasteiger charge is -2.45. The van der Waals surface area contributed by atoms with E-state index >= 15 is 0 Å². The van der Waals surface area contributed by atoms with E-state index in [9.17, 15) is 20.9 Å². The van der Waals surface area contributed by atoms with Crippen molar-refractivity contribution in [3.63, 3.8) is 0 Å². The lowest BCUT2D eigenvalue weighted by atomic mass is 9.54. The van der Waals surface area contributed by atoms with Crippen molar-refractivity contribution in [1.29, 1.82) is 21.2 Å². The molecule has 1 fully saturated rings. The molecule has 0 saturated heterocycles. The molecule has 124 valence electrons. The molecule has 6 nitrogen and oxygen atoms in total. The number of likely N-dealkylation sites (N-methyl/N-ethyl adjacent to an activating group) is 1. The topological polar surface area (TPSA) is 120 Å². The first kappa shape index (κ1) is 16.7. The number of benzene rings is 1. The summed E-state index contributed by atoms with van der Waals surface area (Å²) in [5.41, 5.74) is -0.397. The van der Waals surface area contributed by atoms with E-state index in [0.29, 0.717) is 12.1 Å². The minimum absolute atomic E-state index is 0.0539. The van der Waals surface area contributed by atoms with E-state index in [-0.39, 0.29) is 17.4 Å². The first-order chi connectivity index (χ1) is 12.0. The van der Waals surface area contributed by atoms with Crippen LogP contribution in [0.25, 0.3) is 0 Å². The van der Waals surface area contributed by atoms with Crippen LogP contribution in [0, 0.1) is 56.7 Å². The van der Waals surface area contributed by atoms with Crippen molar-refractivity contribution >= 4 is 5.71 Å². The summed E-state index contributed by atoms with van der Waals surface area (Å²) < 4.78 is 0. The second-order valence-electron chi connectivity index (χ2n) is 6.76. The van der Waals surface area contributed by atoms with Crippen LogP contribution in [-0.2, 0) is 0 Å². The van der Waals surface area contributed by atoms with Crippen LogP contribution in [0.5, 0.6) is 5.75 Å². The smallest absolute Gasteiger partial charge is 0.189 e. The average Bonchev–Trinajstić information content (AvgIpc) is 2.61. The zero-order chi connectivity index (χ0) is 18.2. The van der Waals surface area contributed by atoms with Gasteiger partial charge in [0.25, 0.3) is 0 Å². The van der Waals surface area contributed by atoms with Crippen molar-refractivity contribution in [2.75, 3.05) is 20.1 Å². The van der Waals surface area contributed by atoms with E-state index in [1.807, 2.05) is 25.3 Å². The highest BCUT2D eigenvalue weighted by atomic mass is 16.3. The molecule has 0 bridgehead atoms. The first-order valence-electron chi connectivity index (χ1n) is 8.09. The summed E-state index contributed by atoms with van der Waals surface area (Å²) in [7, 11) is 2.02. The van der Waals surface area contributed by atoms with Crippen LogP contribution in [0.15, 0.2) is 35.9 Å². The van der Waals surface area contributed by atoms with Gasteiger partial charge in [-0.25, -0.2) is 0 Å². The zero-order valence-corrected chi connectivity index (χ0v) is 13.8. The van der Waals surface area contributed by atoms with Gasteiger partial charge in [-0.15, -0.1) is 0 Å². The predicted octanol–water partition coefficient (Wildman–Crippen LogP) is 0.753. The van der Waals surface area contributed by atoms with Crippen molar-refractivity contribution in [3.8, 4) is 24.0 Å². The molecular formula is C19H18N5O+. The number of phenolic OH excluding ortho intramolecular Hbond substituents is 1. The van der Waals surface area contributed by atoms with Crippen LogP contribution in [0.2, 0.25) is 0 Å². The third-order valence-electron chi connectivity index (χ3n) is 5.31. The number of rotatable bonds is 1. The highest BCUT2D eigenvalue weighted by molar-refractivity contribution is 6.00. The Hall–Kier alpha value is -3.14. The molecule has 2 unspecified atom stereocenters. The molecule has 2 aliphatic rings. The third kappa shape index (κ3) is 2.38. The molecule has 1 aliphatic heterocycles. The molecule has 0 spiro atoms. The third-order valence-corrected chi connectivity index (χ3v) is 5.31. The van der Waals surface area contributed by atoms with Gasteiger partial charge in [0, 0.05) is 11.8 Å². The molecule has 3 rings (SSSR count). The Bertz CT molecular complexity index is 868. The number of fused-ring (bicyclic) bond motifs is 1. The number of hydrogen-bond acceptors (Lipinski definition) is 5. The highest BCUT2D eigenvalue weighted by Crippen LogP contribution is 2.52. The van der Waals surface area contributed by atoms with Gasteiger partial charge in [-0.05, 0) is 29.3 Å². The largest absolute Gasteiger partial charge is 0.508 e. The molecule has 3 N–H and O–H groups in total. The molecule has 0 aromatic heterocycles. The predicted molar refractivity (Wildman–Crippen MR) is 89.5 cm³/mol. The van der Waals surface area contributed by atoms with Crippen LogP contribution in [-0.4, -0.2) is 31.0 Å². The average molecular weight is 332 g/mol. The fraction of sp³-hybridized carbons (Fsp3) is 0.368. The maximum absolute atomic E-state index is 9.88. The number of nitrogens with one attached hydrogen (secondary N) is 2. The molecular weight excluding hydrogens is 314 g/mol. The Labute approximate surface area is 146 Å². The summed E-state index contributed by atoms with van der Waals surface area (Å²) >= 11 is 0. The number of aromatic hydroxyl groups is 1. The Morgan fingerprint density at radius 3 is 2.60 bits per heavy atom. The maximum Gasteiger partial charge on any atom is 0.189 e. The summed E-state index contributed by atoms with van der Waals surface area (Å²) in [5, 5.41) is 47.7. The summed E-state index contributed by atoms with van der Waals surface area (Å²) in [6, 6.07) is 12.7. The van der Waals surface area contributed by atoms with E-state index < -0.39 is 17.3 Å². The summed E-state index contributed by atoms with van der Waals surface area (Å²) in [6.45, 7) is 1.42. The Balaban J connectivity index is 2.28. The molecule has 1 heterocycles. The van der Waals surface area contributed by atoms with Gasteiger partial charge in [0.1, 0.15) is 11.7 Å². The highest BCUT2D eigenvalue weighted by Gasteiger charge is 2.58. The monoisotopic (exact) mass is 332 g/mol. The van der Waals surface area contributed by atoms with Gasteiger partial charge in [0.15, 0.2) is 5.41 Å². The Morgan fingerprint density at radius 1 is 1.28 bits per heavy atom. The second kappa shape index (κ2) is 6.06. The molecule has 25 heavy (non-hydrogen) atoms. The quantitative estimate of drug-likeness (QED) is 0.657. The van der Waals surface area contributed by atoms with Gasteiger partial charge in [-0.2, -0.15) is 15.8 Å².